The van der Waals surface area contributed by atoms with Gasteiger partial charge in [-0.25, -0.2) is 0 Å². The van der Waals surface area contributed by atoms with Crippen LogP contribution in [0.3, 0.4) is 0 Å². The van der Waals surface area contributed by atoms with E-state index in [0.717, 1.165) is 6.42 Å². The van der Waals surface area contributed by atoms with Crippen LogP contribution >= 0.6 is 0 Å². The minimum absolute atomic E-state index is 0.0972. The van der Waals surface area contributed by atoms with Crippen molar-refractivity contribution >= 4 is 0 Å². The lowest BCUT2D eigenvalue weighted by Crippen LogP contribution is -2.13. The zero-order valence-electron chi connectivity index (χ0n) is 6.67. The first-order valence-electron chi connectivity index (χ1n) is 4.04. The van der Waals surface area contributed by atoms with Gasteiger partial charge in [-0.05, 0) is 24.0 Å². The second-order valence-electron chi connectivity index (χ2n) is 3.52. The quantitative estimate of drug-likeness (QED) is 0.656. The molecule has 2 nitrogen and oxygen atoms in total. The molecule has 1 fully saturated rings. The van der Waals surface area contributed by atoms with Crippen molar-refractivity contribution in [2.75, 3.05) is 6.61 Å². The Hall–Kier alpha value is -0.760. The summed E-state index contributed by atoms with van der Waals surface area (Å²) in [5.41, 5.74) is 1.35. The average Bonchev–Trinajstić information content (AvgIpc) is 2.55. The van der Waals surface area contributed by atoms with Crippen LogP contribution in [0.4, 0.5) is 0 Å². The lowest BCUT2D eigenvalue weighted by Gasteiger charge is -2.09. The second-order valence-corrected chi connectivity index (χ2v) is 3.52. The normalized spacial score (nSPS) is 35.6. The van der Waals surface area contributed by atoms with Gasteiger partial charge in [0.15, 0.2) is 0 Å². The van der Waals surface area contributed by atoms with Crippen molar-refractivity contribution in [2.24, 2.45) is 5.92 Å². The van der Waals surface area contributed by atoms with E-state index in [9.17, 15) is 5.11 Å². The Labute approximate surface area is 66.3 Å². The summed E-state index contributed by atoms with van der Waals surface area (Å²) in [6.07, 6.45) is 5.03. The number of nitrogens with one attached hydrogen (secondary N) is 1. The lowest BCUT2D eigenvalue weighted by atomic mass is 9.98. The summed E-state index contributed by atoms with van der Waals surface area (Å²) in [6, 6.07) is 2.06. The van der Waals surface area contributed by atoms with Crippen molar-refractivity contribution < 1.29 is 5.11 Å². The van der Waals surface area contributed by atoms with Gasteiger partial charge in [-0.1, -0.05) is 6.92 Å². The fraction of sp³-hybridized carbons (Fsp3) is 0.556. The Kier molecular flexibility index (Phi) is 1.33. The van der Waals surface area contributed by atoms with Gasteiger partial charge in [0.25, 0.3) is 0 Å². The molecule has 2 atom stereocenters. The second kappa shape index (κ2) is 2.11. The van der Waals surface area contributed by atoms with E-state index in [1.807, 2.05) is 12.4 Å². The summed E-state index contributed by atoms with van der Waals surface area (Å²) >= 11 is 0. The van der Waals surface area contributed by atoms with Gasteiger partial charge in [0.05, 0.1) is 6.61 Å². The largest absolute Gasteiger partial charge is 0.395 e. The fourth-order valence-electron chi connectivity index (χ4n) is 1.84. The van der Waals surface area contributed by atoms with Crippen molar-refractivity contribution in [3.63, 3.8) is 0 Å². The average molecular weight is 151 g/mol. The first-order valence-corrected chi connectivity index (χ1v) is 4.04. The van der Waals surface area contributed by atoms with Crippen LogP contribution in [0.2, 0.25) is 0 Å². The zero-order valence-corrected chi connectivity index (χ0v) is 6.67. The molecular formula is C9H13NO. The van der Waals surface area contributed by atoms with Gasteiger partial charge in [-0.3, -0.25) is 0 Å². The molecule has 11 heavy (non-hydrogen) atoms. The monoisotopic (exact) mass is 151 g/mol. The molecule has 1 saturated carbocycles. The molecule has 2 rings (SSSR count). The highest BCUT2D eigenvalue weighted by Gasteiger charge is 2.51. The number of aromatic amines is 1. The molecule has 1 aliphatic carbocycles. The van der Waals surface area contributed by atoms with Gasteiger partial charge >= 0.3 is 0 Å². The molecule has 2 N–H and O–H groups in total. The molecule has 2 heteroatoms. The standard InChI is InChI=1S/C9H13NO/c1-7-4-9(7,6-11)8-2-3-10-5-8/h2-3,5,7,10-11H,4,6H2,1H3. The Morgan fingerprint density at radius 1 is 1.82 bits per heavy atom. The number of rotatable bonds is 2. The van der Waals surface area contributed by atoms with Crippen LogP contribution in [-0.2, 0) is 5.41 Å². The summed E-state index contributed by atoms with van der Waals surface area (Å²) in [5, 5.41) is 9.18. The van der Waals surface area contributed by atoms with E-state index in [2.05, 4.69) is 18.0 Å². The van der Waals surface area contributed by atoms with Crippen LogP contribution in [0.25, 0.3) is 0 Å². The third-order valence-corrected chi connectivity index (χ3v) is 2.91. The summed E-state index contributed by atoms with van der Waals surface area (Å²) in [6.45, 7) is 2.47. The van der Waals surface area contributed by atoms with E-state index in [1.54, 1.807) is 0 Å². The first kappa shape index (κ1) is 6.92. The van der Waals surface area contributed by atoms with Crippen LogP contribution in [0.1, 0.15) is 18.9 Å². The highest BCUT2D eigenvalue weighted by Crippen LogP contribution is 2.53. The van der Waals surface area contributed by atoms with E-state index in [1.165, 1.54) is 5.56 Å². The lowest BCUT2D eigenvalue weighted by molar-refractivity contribution is 0.247. The van der Waals surface area contributed by atoms with Gasteiger partial charge < -0.3 is 10.1 Å². The van der Waals surface area contributed by atoms with E-state index >= 15 is 0 Å². The molecule has 0 radical (unpaired) electrons. The number of aliphatic hydroxyl groups is 1. The van der Waals surface area contributed by atoms with E-state index in [-0.39, 0.29) is 12.0 Å². The van der Waals surface area contributed by atoms with Crippen molar-refractivity contribution in [1.29, 1.82) is 0 Å². The van der Waals surface area contributed by atoms with Gasteiger partial charge in [-0.15, -0.1) is 0 Å². The Morgan fingerprint density at radius 3 is 2.91 bits per heavy atom. The molecule has 0 bridgehead atoms. The van der Waals surface area contributed by atoms with Gasteiger partial charge in [0.2, 0.25) is 0 Å². The van der Waals surface area contributed by atoms with Gasteiger partial charge in [-0.2, -0.15) is 0 Å². The molecule has 0 aromatic carbocycles. The minimum Gasteiger partial charge on any atom is -0.395 e. The molecule has 60 valence electrons. The van der Waals surface area contributed by atoms with Crippen LogP contribution in [-0.4, -0.2) is 16.7 Å². The highest BCUT2D eigenvalue weighted by atomic mass is 16.3. The molecule has 1 heterocycles. The first-order chi connectivity index (χ1) is 5.29. The number of aliphatic hydroxyl groups excluding tert-OH is 1. The van der Waals surface area contributed by atoms with Crippen LogP contribution < -0.4 is 0 Å². The maximum Gasteiger partial charge on any atom is 0.0531 e. The van der Waals surface area contributed by atoms with Crippen molar-refractivity contribution in [3.8, 4) is 0 Å². The third-order valence-electron chi connectivity index (χ3n) is 2.91. The fourth-order valence-corrected chi connectivity index (χ4v) is 1.84. The predicted octanol–water partition coefficient (Wildman–Crippen LogP) is 1.28. The van der Waals surface area contributed by atoms with Crippen molar-refractivity contribution in [3.05, 3.63) is 24.0 Å². The van der Waals surface area contributed by atoms with Gasteiger partial charge in [0, 0.05) is 17.8 Å². The van der Waals surface area contributed by atoms with Crippen molar-refractivity contribution in [2.45, 2.75) is 18.8 Å². The Morgan fingerprint density at radius 2 is 2.55 bits per heavy atom. The molecule has 2 unspecified atom stereocenters. The summed E-state index contributed by atoms with van der Waals surface area (Å²) in [5.74, 6) is 0.642. The van der Waals surface area contributed by atoms with Crippen molar-refractivity contribution in [1.82, 2.24) is 4.98 Å². The maximum atomic E-state index is 9.18. The predicted molar refractivity (Wildman–Crippen MR) is 43.3 cm³/mol. The molecule has 1 aromatic heterocycles. The summed E-state index contributed by atoms with van der Waals surface area (Å²) < 4.78 is 0. The van der Waals surface area contributed by atoms with E-state index in [4.69, 9.17) is 0 Å². The highest BCUT2D eigenvalue weighted by molar-refractivity contribution is 5.31. The maximum absolute atomic E-state index is 9.18. The number of hydrogen-bond donors (Lipinski definition) is 2. The summed E-state index contributed by atoms with van der Waals surface area (Å²) in [4.78, 5) is 3.02. The smallest absolute Gasteiger partial charge is 0.0531 e. The van der Waals surface area contributed by atoms with E-state index < -0.39 is 0 Å². The number of hydrogen-bond acceptors (Lipinski definition) is 1. The van der Waals surface area contributed by atoms with Crippen LogP contribution in [0.15, 0.2) is 18.5 Å². The SMILES string of the molecule is CC1CC1(CO)c1cc[nH]c1. The molecule has 0 aliphatic heterocycles. The molecule has 0 spiro atoms. The molecule has 1 aliphatic rings. The Balaban J connectivity index is 2.28. The zero-order chi connectivity index (χ0) is 7.90. The number of H-pyrrole nitrogens is 1. The van der Waals surface area contributed by atoms with Gasteiger partial charge in [0.1, 0.15) is 0 Å². The molecule has 0 amide bonds. The molecule has 0 saturated heterocycles. The van der Waals surface area contributed by atoms with E-state index in [0.29, 0.717) is 5.92 Å². The van der Waals surface area contributed by atoms with Crippen LogP contribution in [0, 0.1) is 5.92 Å². The number of aromatic nitrogens is 1. The topological polar surface area (TPSA) is 36.0 Å². The van der Waals surface area contributed by atoms with Crippen LogP contribution in [0.5, 0.6) is 0 Å². The minimum atomic E-state index is 0.0972. The Bertz CT molecular complexity index is 238. The molecular weight excluding hydrogens is 138 g/mol. The third kappa shape index (κ3) is 0.824. The molecule has 1 aromatic rings. The summed E-state index contributed by atoms with van der Waals surface area (Å²) in [7, 11) is 0.